The van der Waals surface area contributed by atoms with Crippen molar-refractivity contribution in [3.8, 4) is 0 Å². The molecule has 25 heavy (non-hydrogen) atoms. The van der Waals surface area contributed by atoms with E-state index in [2.05, 4.69) is 10.2 Å². The lowest BCUT2D eigenvalue weighted by Crippen LogP contribution is -2.48. The second-order valence-electron chi connectivity index (χ2n) is 8.03. The molecule has 1 N–H and O–H groups in total. The number of carbonyl (C=O) groups excluding carboxylic acids is 1. The number of nitrogens with zero attached hydrogens (tertiary/aromatic N) is 1. The molecule has 1 amide bonds. The highest BCUT2D eigenvalue weighted by atomic mass is 19.1. The van der Waals surface area contributed by atoms with Crippen molar-refractivity contribution in [3.05, 3.63) is 35.6 Å². The largest absolute Gasteiger partial charge is 0.337 e. The van der Waals surface area contributed by atoms with E-state index in [9.17, 15) is 9.18 Å². The Labute approximate surface area is 150 Å². The maximum absolute atomic E-state index is 13.8. The average molecular weight is 344 g/mol. The van der Waals surface area contributed by atoms with Gasteiger partial charge >= 0.3 is 0 Å². The predicted molar refractivity (Wildman–Crippen MR) is 96.9 cm³/mol. The fourth-order valence-electron chi connectivity index (χ4n) is 5.17. The van der Waals surface area contributed by atoms with Gasteiger partial charge in [-0.2, -0.15) is 0 Å². The summed E-state index contributed by atoms with van der Waals surface area (Å²) in [6, 6.07) is 7.50. The molecule has 136 valence electrons. The van der Waals surface area contributed by atoms with Crippen LogP contribution in [0.4, 0.5) is 4.39 Å². The zero-order chi connectivity index (χ0) is 17.2. The van der Waals surface area contributed by atoms with E-state index in [0.29, 0.717) is 5.91 Å². The molecule has 1 aromatic carbocycles. The first kappa shape index (κ1) is 17.0. The fourth-order valence-corrected chi connectivity index (χ4v) is 5.17. The normalized spacial score (nSPS) is 30.8. The Morgan fingerprint density at radius 2 is 1.88 bits per heavy atom. The van der Waals surface area contributed by atoms with E-state index < -0.39 is 0 Å². The molecule has 3 aliphatic rings. The molecule has 3 fully saturated rings. The molecule has 2 heterocycles. The number of carbonyl (C=O) groups is 1. The predicted octanol–water partition coefficient (Wildman–Crippen LogP) is 3.84. The van der Waals surface area contributed by atoms with Crippen molar-refractivity contribution in [1.82, 2.24) is 10.2 Å². The average Bonchev–Trinajstić information content (AvgIpc) is 3.22. The highest BCUT2D eigenvalue weighted by Crippen LogP contribution is 2.38. The number of fused-ring (bicyclic) bond motifs is 1. The van der Waals surface area contributed by atoms with Gasteiger partial charge in [0.25, 0.3) is 0 Å². The van der Waals surface area contributed by atoms with E-state index in [-0.39, 0.29) is 29.7 Å². The van der Waals surface area contributed by atoms with E-state index in [1.54, 1.807) is 12.1 Å². The number of nitrogens with one attached hydrogen (secondary N) is 1. The van der Waals surface area contributed by atoms with E-state index in [1.165, 1.54) is 38.2 Å². The third-order valence-electron chi connectivity index (χ3n) is 6.46. The number of amides is 1. The fraction of sp³-hybridized carbons (Fsp3) is 0.667. The number of hydrogen-bond donors (Lipinski definition) is 1. The molecule has 0 unspecified atom stereocenters. The van der Waals surface area contributed by atoms with Crippen molar-refractivity contribution in [1.29, 1.82) is 0 Å². The summed E-state index contributed by atoms with van der Waals surface area (Å²) in [6.45, 7) is 1.74. The van der Waals surface area contributed by atoms with Gasteiger partial charge in [0.15, 0.2) is 0 Å². The van der Waals surface area contributed by atoms with E-state index >= 15 is 0 Å². The van der Waals surface area contributed by atoms with Gasteiger partial charge in [0.1, 0.15) is 5.82 Å². The van der Waals surface area contributed by atoms with Crippen LogP contribution in [0.15, 0.2) is 24.3 Å². The number of likely N-dealkylation sites (tertiary alicyclic amines) is 1. The molecule has 2 saturated heterocycles. The van der Waals surface area contributed by atoms with E-state index in [4.69, 9.17) is 0 Å². The van der Waals surface area contributed by atoms with Gasteiger partial charge in [-0.05, 0) is 49.9 Å². The molecule has 1 saturated carbocycles. The van der Waals surface area contributed by atoms with Crippen LogP contribution < -0.4 is 5.32 Å². The monoisotopic (exact) mass is 344 g/mol. The standard InChI is InChI=1S/C21H29FN2O/c22-17-10-6-9-16(13-17)18-14-24(21(25)15-7-3-4-8-15)19-11-2-1-5-12-23-20(18)19/h6,9-10,13,15,18-20,23H,1-5,7-8,11-12,14H2/t18-,19+,20-/m0/s1. The van der Waals surface area contributed by atoms with Gasteiger partial charge in [0.2, 0.25) is 5.91 Å². The van der Waals surface area contributed by atoms with Gasteiger partial charge in [-0.3, -0.25) is 4.79 Å². The van der Waals surface area contributed by atoms with Crippen molar-refractivity contribution in [2.45, 2.75) is 69.4 Å². The molecule has 1 aliphatic carbocycles. The molecule has 0 spiro atoms. The summed E-state index contributed by atoms with van der Waals surface area (Å²) in [6.07, 6.45) is 9.14. The second-order valence-corrected chi connectivity index (χ2v) is 8.03. The van der Waals surface area contributed by atoms with Gasteiger partial charge in [-0.1, -0.05) is 37.8 Å². The van der Waals surface area contributed by atoms with Gasteiger partial charge in [0, 0.05) is 30.5 Å². The minimum atomic E-state index is -0.180. The summed E-state index contributed by atoms with van der Waals surface area (Å²) >= 11 is 0. The summed E-state index contributed by atoms with van der Waals surface area (Å²) in [5.41, 5.74) is 1.03. The molecule has 0 radical (unpaired) electrons. The number of halogens is 1. The molecule has 4 rings (SSSR count). The smallest absolute Gasteiger partial charge is 0.226 e. The van der Waals surface area contributed by atoms with Crippen molar-refractivity contribution >= 4 is 5.91 Å². The molecule has 0 aromatic heterocycles. The minimum Gasteiger partial charge on any atom is -0.337 e. The minimum absolute atomic E-state index is 0.180. The topological polar surface area (TPSA) is 32.3 Å². The van der Waals surface area contributed by atoms with Crippen molar-refractivity contribution in [2.75, 3.05) is 13.1 Å². The van der Waals surface area contributed by atoms with Crippen molar-refractivity contribution < 1.29 is 9.18 Å². The summed E-state index contributed by atoms with van der Waals surface area (Å²) < 4.78 is 13.8. The molecular weight excluding hydrogens is 315 g/mol. The van der Waals surface area contributed by atoms with Crippen LogP contribution in [0, 0.1) is 11.7 Å². The van der Waals surface area contributed by atoms with Gasteiger partial charge in [-0.15, -0.1) is 0 Å². The molecule has 1 aromatic rings. The Hall–Kier alpha value is -1.42. The summed E-state index contributed by atoms with van der Waals surface area (Å²) in [5.74, 6) is 0.593. The van der Waals surface area contributed by atoms with Gasteiger partial charge in [0.05, 0.1) is 0 Å². The van der Waals surface area contributed by atoms with E-state index in [1.807, 2.05) is 6.07 Å². The van der Waals surface area contributed by atoms with Crippen LogP contribution in [0.2, 0.25) is 0 Å². The summed E-state index contributed by atoms with van der Waals surface area (Å²) in [7, 11) is 0. The first-order valence-corrected chi connectivity index (χ1v) is 10.0. The van der Waals surface area contributed by atoms with Crippen LogP contribution in [-0.4, -0.2) is 36.0 Å². The van der Waals surface area contributed by atoms with Crippen LogP contribution in [0.3, 0.4) is 0 Å². The molecule has 3 nitrogen and oxygen atoms in total. The maximum Gasteiger partial charge on any atom is 0.226 e. The van der Waals surface area contributed by atoms with Crippen molar-refractivity contribution in [2.24, 2.45) is 5.92 Å². The van der Waals surface area contributed by atoms with Gasteiger partial charge in [-0.25, -0.2) is 4.39 Å². The maximum atomic E-state index is 13.8. The third kappa shape index (κ3) is 3.46. The zero-order valence-corrected chi connectivity index (χ0v) is 14.9. The van der Waals surface area contributed by atoms with Crippen LogP contribution in [0.5, 0.6) is 0 Å². The van der Waals surface area contributed by atoms with Crippen molar-refractivity contribution in [3.63, 3.8) is 0 Å². The number of benzene rings is 1. The Bertz CT molecular complexity index is 614. The second kappa shape index (κ2) is 7.45. The number of hydrogen-bond acceptors (Lipinski definition) is 2. The lowest BCUT2D eigenvalue weighted by Gasteiger charge is -2.32. The Morgan fingerprint density at radius 3 is 2.68 bits per heavy atom. The highest BCUT2D eigenvalue weighted by Gasteiger charge is 2.45. The Morgan fingerprint density at radius 1 is 1.08 bits per heavy atom. The highest BCUT2D eigenvalue weighted by molar-refractivity contribution is 5.80. The molecule has 4 heteroatoms. The first-order valence-electron chi connectivity index (χ1n) is 10.0. The Kier molecular flexibility index (Phi) is 5.07. The quantitative estimate of drug-likeness (QED) is 0.884. The lowest BCUT2D eigenvalue weighted by atomic mass is 9.88. The van der Waals surface area contributed by atoms with Gasteiger partial charge < -0.3 is 10.2 Å². The molecule has 3 atom stereocenters. The van der Waals surface area contributed by atoms with Crippen LogP contribution in [0.1, 0.15) is 62.8 Å². The SMILES string of the molecule is O=C(C1CCCC1)N1C[C@@H](c2cccc(F)c2)[C@@H]2NCCCCC[C@H]21. The van der Waals surface area contributed by atoms with Crippen LogP contribution in [-0.2, 0) is 4.79 Å². The summed E-state index contributed by atoms with van der Waals surface area (Å²) in [4.78, 5) is 15.3. The third-order valence-corrected chi connectivity index (χ3v) is 6.46. The molecular formula is C21H29FN2O. The molecule has 2 aliphatic heterocycles. The first-order chi connectivity index (χ1) is 12.2. The van der Waals surface area contributed by atoms with Crippen LogP contribution in [0.25, 0.3) is 0 Å². The Balaban J connectivity index is 1.62. The summed E-state index contributed by atoms with van der Waals surface area (Å²) in [5, 5.41) is 3.71. The molecule has 0 bridgehead atoms. The number of rotatable bonds is 2. The lowest BCUT2D eigenvalue weighted by molar-refractivity contribution is -0.136. The van der Waals surface area contributed by atoms with Crippen LogP contribution >= 0.6 is 0 Å². The zero-order valence-electron chi connectivity index (χ0n) is 14.9. The van der Waals surface area contributed by atoms with E-state index in [0.717, 1.165) is 37.9 Å².